The van der Waals surface area contributed by atoms with Gasteiger partial charge in [0, 0.05) is 40.2 Å². The molecule has 8 unspecified atom stereocenters. The van der Waals surface area contributed by atoms with Crippen molar-refractivity contribution in [3.8, 4) is 0 Å². The lowest BCUT2D eigenvalue weighted by Crippen LogP contribution is -2.57. The van der Waals surface area contributed by atoms with Crippen molar-refractivity contribution in [2.75, 3.05) is 27.9 Å². The van der Waals surface area contributed by atoms with Crippen molar-refractivity contribution in [2.24, 2.45) is 35.5 Å². The van der Waals surface area contributed by atoms with Crippen LogP contribution in [0.4, 0.5) is 0 Å². The van der Waals surface area contributed by atoms with Crippen molar-refractivity contribution in [1.29, 1.82) is 0 Å². The standard InChI is InChI=1S/C53H81N5O11/c1-32-17-13-12-14-18-34(3)43(65-9)25-33(2)20-21-38(7)53(8,64)50(61)51(62)57-24-16-15-19-41(57)52(63)69-44(36(5)28-39-22-23-40(45(29-39)66-10)58-55-31-54-56-58)30-42(59)35(4)27-37(6)48-49(67-11)47(60)46(26-32)68-48/h12-14,17-18,27,31-33,35-36,38-41,43-46,48-49,64H,15-16,19-26,28-30H2,1-11H3/b14-12+,17-13+,34-18+,37-27+/t32-,33+,35-,36-,38?,39?,40?,41?,43+,44+,45?,46?,48-,49?,53?/m1/s1. The number of esters is 1. The van der Waals surface area contributed by atoms with Gasteiger partial charge in [-0.3, -0.25) is 19.2 Å². The van der Waals surface area contributed by atoms with Crippen LogP contribution in [0.25, 0.3) is 0 Å². The van der Waals surface area contributed by atoms with Gasteiger partial charge in [-0.25, -0.2) is 4.79 Å². The summed E-state index contributed by atoms with van der Waals surface area (Å²) >= 11 is 0. The molecule has 16 heteroatoms. The first kappa shape index (κ1) is 55.7. The Bertz CT molecular complexity index is 2010. The number of allylic oxidation sites excluding steroid dienone is 6. The van der Waals surface area contributed by atoms with Gasteiger partial charge in [0.25, 0.3) is 11.7 Å². The summed E-state index contributed by atoms with van der Waals surface area (Å²) in [5, 5.41) is 24.0. The number of hydrogen-bond acceptors (Lipinski definition) is 14. The Hall–Kier alpha value is -4.22. The molecule has 4 heterocycles. The minimum absolute atomic E-state index is 0.0164. The van der Waals surface area contributed by atoms with Gasteiger partial charge < -0.3 is 33.7 Å². The Morgan fingerprint density at radius 2 is 1.64 bits per heavy atom. The van der Waals surface area contributed by atoms with Crippen LogP contribution in [0, 0.1) is 35.5 Å². The van der Waals surface area contributed by atoms with Gasteiger partial charge in [-0.1, -0.05) is 77.5 Å². The second-order valence-electron chi connectivity index (χ2n) is 20.9. The van der Waals surface area contributed by atoms with E-state index in [9.17, 15) is 29.1 Å². The smallest absolute Gasteiger partial charge is 0.329 e. The Morgan fingerprint density at radius 3 is 2.32 bits per heavy atom. The molecule has 1 aromatic heterocycles. The number of ether oxygens (including phenoxy) is 5. The van der Waals surface area contributed by atoms with Crippen LogP contribution in [0.1, 0.15) is 138 Å². The molecule has 15 atom stereocenters. The molecule has 1 aliphatic carbocycles. The summed E-state index contributed by atoms with van der Waals surface area (Å²) in [6.07, 6.45) is 16.3. The number of piperidine rings is 1. The molecule has 69 heavy (non-hydrogen) atoms. The maximum atomic E-state index is 14.5. The van der Waals surface area contributed by atoms with Gasteiger partial charge in [0.05, 0.1) is 18.2 Å². The fourth-order valence-electron chi connectivity index (χ4n) is 10.7. The highest BCUT2D eigenvalue weighted by molar-refractivity contribution is 6.39. The second-order valence-corrected chi connectivity index (χ2v) is 20.9. The number of fused-ring (bicyclic) bond motifs is 3. The fourth-order valence-corrected chi connectivity index (χ4v) is 10.7. The molecule has 4 aliphatic rings. The molecule has 0 aromatic carbocycles. The molecule has 16 nitrogen and oxygen atoms in total. The average Bonchev–Trinajstić information content (AvgIpc) is 3.98. The van der Waals surface area contributed by atoms with Crippen LogP contribution in [0.15, 0.2) is 53.9 Å². The van der Waals surface area contributed by atoms with Gasteiger partial charge in [-0.05, 0) is 131 Å². The molecule has 384 valence electrons. The van der Waals surface area contributed by atoms with Gasteiger partial charge in [0.1, 0.15) is 41.8 Å². The highest BCUT2D eigenvalue weighted by atomic mass is 16.6. The summed E-state index contributed by atoms with van der Waals surface area (Å²) in [6.45, 7) is 15.1. The number of carbonyl (C=O) groups excluding carboxylic acids is 5. The van der Waals surface area contributed by atoms with Crippen LogP contribution in [0.2, 0.25) is 0 Å². The molecule has 1 N–H and O–H groups in total. The van der Waals surface area contributed by atoms with E-state index in [1.165, 1.54) is 25.3 Å². The normalized spacial score (nSPS) is 38.8. The lowest BCUT2D eigenvalue weighted by molar-refractivity contribution is -0.169. The molecule has 3 fully saturated rings. The van der Waals surface area contributed by atoms with E-state index in [0.717, 1.165) is 18.4 Å². The van der Waals surface area contributed by atoms with E-state index in [-0.39, 0.29) is 72.9 Å². The predicted octanol–water partition coefficient (Wildman–Crippen LogP) is 7.12. The predicted molar refractivity (Wildman–Crippen MR) is 259 cm³/mol. The summed E-state index contributed by atoms with van der Waals surface area (Å²) in [5.41, 5.74) is -0.253. The van der Waals surface area contributed by atoms with Gasteiger partial charge in [0.2, 0.25) is 0 Å². The van der Waals surface area contributed by atoms with E-state index >= 15 is 0 Å². The van der Waals surface area contributed by atoms with Gasteiger partial charge in [-0.15, -0.1) is 10.2 Å². The molecule has 0 spiro atoms. The number of cyclic esters (lactones) is 1. The zero-order valence-corrected chi connectivity index (χ0v) is 43.1. The molecule has 3 aliphatic heterocycles. The fraction of sp³-hybridized carbons (Fsp3) is 0.736. The van der Waals surface area contributed by atoms with Crippen molar-refractivity contribution in [2.45, 2.75) is 187 Å². The molecule has 0 radical (unpaired) electrons. The van der Waals surface area contributed by atoms with Gasteiger partial charge in [0.15, 0.2) is 12.1 Å². The number of Topliss-reactive ketones (excluding diaryl/α,β-unsaturated/α-hetero) is 3. The van der Waals surface area contributed by atoms with E-state index < -0.39 is 65.6 Å². The third-order valence-electron chi connectivity index (χ3n) is 15.5. The number of carbonyl (C=O) groups is 5. The van der Waals surface area contributed by atoms with Crippen LogP contribution in [0.3, 0.4) is 0 Å². The Kier molecular flexibility index (Phi) is 20.8. The molecule has 1 aromatic rings. The number of nitrogens with zero attached hydrogens (tertiary/aromatic N) is 5. The molecule has 2 saturated heterocycles. The van der Waals surface area contributed by atoms with Gasteiger partial charge >= 0.3 is 5.97 Å². The lowest BCUT2D eigenvalue weighted by Gasteiger charge is -2.38. The van der Waals surface area contributed by atoms with Crippen molar-refractivity contribution in [3.63, 3.8) is 0 Å². The maximum absolute atomic E-state index is 14.5. The third kappa shape index (κ3) is 14.5. The van der Waals surface area contributed by atoms with Crippen LogP contribution in [-0.2, 0) is 47.7 Å². The number of amides is 1. The summed E-state index contributed by atoms with van der Waals surface area (Å²) in [6, 6.07) is -1.15. The first-order chi connectivity index (χ1) is 32.8. The highest BCUT2D eigenvalue weighted by Crippen LogP contribution is 2.38. The monoisotopic (exact) mass is 964 g/mol. The Balaban J connectivity index is 1.43. The minimum atomic E-state index is -1.98. The van der Waals surface area contributed by atoms with Crippen molar-refractivity contribution >= 4 is 29.2 Å². The van der Waals surface area contributed by atoms with Crippen LogP contribution in [-0.4, -0.2) is 136 Å². The van der Waals surface area contributed by atoms with E-state index in [4.69, 9.17) is 23.7 Å². The molecule has 1 saturated carbocycles. The summed E-state index contributed by atoms with van der Waals surface area (Å²) in [7, 11) is 4.84. The third-order valence-corrected chi connectivity index (χ3v) is 15.5. The number of rotatable bonds is 7. The number of ketones is 3. The number of hydrogen-bond donors (Lipinski definition) is 1. The molecule has 5 rings (SSSR count). The Labute approximate surface area is 410 Å². The quantitative estimate of drug-likeness (QED) is 0.165. The van der Waals surface area contributed by atoms with Crippen molar-refractivity contribution < 1.29 is 52.8 Å². The summed E-state index contributed by atoms with van der Waals surface area (Å²) < 4.78 is 30.2. The largest absolute Gasteiger partial charge is 0.460 e. The summed E-state index contributed by atoms with van der Waals surface area (Å²) in [4.78, 5) is 73.5. The van der Waals surface area contributed by atoms with Crippen LogP contribution in [0.5, 0.6) is 0 Å². The number of aromatic nitrogens is 4. The van der Waals surface area contributed by atoms with Crippen LogP contribution < -0.4 is 0 Å². The number of tetrazole rings is 1. The first-order valence-electron chi connectivity index (χ1n) is 25.3. The van der Waals surface area contributed by atoms with E-state index in [2.05, 4.69) is 22.3 Å². The second kappa shape index (κ2) is 25.8. The maximum Gasteiger partial charge on any atom is 0.329 e. The minimum Gasteiger partial charge on any atom is -0.460 e. The van der Waals surface area contributed by atoms with E-state index in [1.807, 2.05) is 58.1 Å². The van der Waals surface area contributed by atoms with Gasteiger partial charge in [-0.2, -0.15) is 4.80 Å². The molecular formula is C53H81N5O11. The first-order valence-corrected chi connectivity index (χ1v) is 25.3. The van der Waals surface area contributed by atoms with E-state index in [1.54, 1.807) is 38.9 Å². The average molecular weight is 964 g/mol. The number of aliphatic hydroxyl groups is 1. The number of methoxy groups -OCH3 is 3. The lowest BCUT2D eigenvalue weighted by atomic mass is 9.77. The SMILES string of the molecule is COC1CC(C[C@@H](C)[C@@H]2CC(=O)[C@H](C)/C=C(\C)[C@H]3OC(C[C@H](C)/C=C/C=C/C=C(\C)[C@@H](OC)C[C@@H](C)CCC(C)C(C)(O)C(=O)C(=O)N4CCCCC4C(=O)O2)C(=O)C3OC)CCC1n1ncnn1. The zero-order chi connectivity index (χ0) is 50.6. The molecule has 1 amide bonds. The van der Waals surface area contributed by atoms with Crippen LogP contribution >= 0.6 is 0 Å². The summed E-state index contributed by atoms with van der Waals surface area (Å²) in [5.74, 6) is -4.00. The molecular weight excluding hydrogens is 883 g/mol. The topological polar surface area (TPSA) is 199 Å². The Morgan fingerprint density at radius 1 is 0.884 bits per heavy atom. The highest BCUT2D eigenvalue weighted by Gasteiger charge is 2.47. The van der Waals surface area contributed by atoms with E-state index in [0.29, 0.717) is 56.9 Å². The van der Waals surface area contributed by atoms with Crippen molar-refractivity contribution in [1.82, 2.24) is 25.1 Å². The van der Waals surface area contributed by atoms with Crippen molar-refractivity contribution in [3.05, 3.63) is 53.9 Å². The molecule has 2 bridgehead atoms. The zero-order valence-electron chi connectivity index (χ0n) is 43.1.